The van der Waals surface area contributed by atoms with E-state index in [0.717, 1.165) is 30.2 Å². The summed E-state index contributed by atoms with van der Waals surface area (Å²) in [6.45, 7) is 1.98. The van der Waals surface area contributed by atoms with Crippen LogP contribution in [0.15, 0.2) is 60.7 Å². The molecule has 0 bridgehead atoms. The van der Waals surface area contributed by atoms with Crippen LogP contribution in [0, 0.1) is 29.1 Å². The first-order chi connectivity index (χ1) is 14.4. The summed E-state index contributed by atoms with van der Waals surface area (Å²) in [4.78, 5) is 0. The van der Waals surface area contributed by atoms with Crippen LogP contribution in [-0.4, -0.2) is 0 Å². The van der Waals surface area contributed by atoms with E-state index in [9.17, 15) is 22.0 Å². The van der Waals surface area contributed by atoms with Gasteiger partial charge in [0.2, 0.25) is 0 Å². The molecule has 0 atom stereocenters. The summed E-state index contributed by atoms with van der Waals surface area (Å²) in [7, 11) is 0. The molecular weight excluding hydrogens is 395 g/mol. The van der Waals surface area contributed by atoms with Crippen LogP contribution in [0.25, 0.3) is 33.0 Å². The number of hydrogen-bond donors (Lipinski definition) is 0. The third kappa shape index (κ3) is 3.56. The zero-order chi connectivity index (χ0) is 21.4. The maximum absolute atomic E-state index is 14.9. The molecule has 0 fully saturated rings. The fourth-order valence-corrected chi connectivity index (χ4v) is 3.66. The summed E-state index contributed by atoms with van der Waals surface area (Å²) in [6.07, 6.45) is 1.57. The van der Waals surface area contributed by atoms with Crippen molar-refractivity contribution in [1.82, 2.24) is 0 Å². The largest absolute Gasteiger partial charge is 0.206 e. The standard InChI is InChI=1S/C25H17F5/c1-2-3-14-4-7-18(21(27)10-14)17-12-22(28)24(23(29)13-17)16-5-8-19-15(11-16)6-9-20(26)25(19)30/h4-13H,2-3H2,1H3. The highest BCUT2D eigenvalue weighted by atomic mass is 19.2. The van der Waals surface area contributed by atoms with Crippen molar-refractivity contribution >= 4 is 10.8 Å². The molecule has 0 aliphatic heterocycles. The predicted molar refractivity (Wildman–Crippen MR) is 109 cm³/mol. The molecule has 0 heterocycles. The topological polar surface area (TPSA) is 0 Å². The smallest absolute Gasteiger partial charge is 0.166 e. The first-order valence-electron chi connectivity index (χ1n) is 9.55. The van der Waals surface area contributed by atoms with Crippen molar-refractivity contribution in [2.75, 3.05) is 0 Å². The molecule has 0 N–H and O–H groups in total. The number of benzene rings is 4. The third-order valence-corrected chi connectivity index (χ3v) is 5.12. The van der Waals surface area contributed by atoms with Crippen molar-refractivity contribution in [2.45, 2.75) is 19.8 Å². The van der Waals surface area contributed by atoms with Crippen LogP contribution in [0.3, 0.4) is 0 Å². The van der Waals surface area contributed by atoms with E-state index in [4.69, 9.17) is 0 Å². The molecule has 0 aliphatic rings. The molecule has 152 valence electrons. The van der Waals surface area contributed by atoms with Gasteiger partial charge in [0, 0.05) is 10.9 Å². The quantitative estimate of drug-likeness (QED) is 0.300. The van der Waals surface area contributed by atoms with E-state index in [2.05, 4.69) is 0 Å². The molecule has 0 radical (unpaired) electrons. The molecule has 0 spiro atoms. The highest BCUT2D eigenvalue weighted by Gasteiger charge is 2.17. The van der Waals surface area contributed by atoms with E-state index >= 15 is 0 Å². The molecule has 4 aromatic rings. The Bertz CT molecular complexity index is 1240. The Balaban J connectivity index is 1.79. The van der Waals surface area contributed by atoms with Gasteiger partial charge in [-0.05, 0) is 58.8 Å². The third-order valence-electron chi connectivity index (χ3n) is 5.12. The molecule has 5 heteroatoms. The van der Waals surface area contributed by atoms with E-state index in [0.29, 0.717) is 11.8 Å². The van der Waals surface area contributed by atoms with Crippen molar-refractivity contribution in [3.63, 3.8) is 0 Å². The number of hydrogen-bond acceptors (Lipinski definition) is 0. The summed E-state index contributed by atoms with van der Waals surface area (Å²) in [5, 5.41) is 0.331. The molecular formula is C25H17F5. The van der Waals surface area contributed by atoms with E-state index < -0.39 is 29.1 Å². The van der Waals surface area contributed by atoms with E-state index in [1.54, 1.807) is 6.07 Å². The van der Waals surface area contributed by atoms with Crippen molar-refractivity contribution in [1.29, 1.82) is 0 Å². The molecule has 4 rings (SSSR count). The van der Waals surface area contributed by atoms with Crippen molar-refractivity contribution < 1.29 is 22.0 Å². The van der Waals surface area contributed by atoms with Crippen LogP contribution in [0.5, 0.6) is 0 Å². The lowest BCUT2D eigenvalue weighted by Crippen LogP contribution is -1.95. The van der Waals surface area contributed by atoms with Crippen LogP contribution in [0.2, 0.25) is 0 Å². The van der Waals surface area contributed by atoms with Crippen LogP contribution >= 0.6 is 0 Å². The number of aryl methyl sites for hydroxylation is 1. The molecule has 4 aromatic carbocycles. The SMILES string of the molecule is CCCc1ccc(-c2cc(F)c(-c3ccc4c(F)c(F)ccc4c3)c(F)c2)c(F)c1. The average molecular weight is 412 g/mol. The van der Waals surface area contributed by atoms with Crippen LogP contribution < -0.4 is 0 Å². The van der Waals surface area contributed by atoms with Crippen molar-refractivity contribution in [3.05, 3.63) is 95.3 Å². The summed E-state index contributed by atoms with van der Waals surface area (Å²) in [6, 6.07) is 13.1. The van der Waals surface area contributed by atoms with Crippen LogP contribution in [0.1, 0.15) is 18.9 Å². The number of halogens is 5. The Kier molecular flexibility index (Phi) is 5.29. The van der Waals surface area contributed by atoms with Crippen LogP contribution in [-0.2, 0) is 6.42 Å². The molecule has 0 aliphatic carbocycles. The Labute approximate surface area is 170 Å². The van der Waals surface area contributed by atoms with E-state index in [-0.39, 0.29) is 27.6 Å². The van der Waals surface area contributed by atoms with Gasteiger partial charge in [-0.25, -0.2) is 22.0 Å². The van der Waals surface area contributed by atoms with Gasteiger partial charge in [-0.2, -0.15) is 0 Å². The second-order valence-electron chi connectivity index (χ2n) is 7.18. The molecule has 0 aromatic heterocycles. The maximum atomic E-state index is 14.9. The van der Waals surface area contributed by atoms with Gasteiger partial charge in [0.15, 0.2) is 11.6 Å². The molecule has 0 saturated heterocycles. The summed E-state index contributed by atoms with van der Waals surface area (Å²) >= 11 is 0. The highest BCUT2D eigenvalue weighted by molar-refractivity contribution is 5.88. The van der Waals surface area contributed by atoms with Gasteiger partial charge in [-0.15, -0.1) is 0 Å². The molecule has 0 saturated carbocycles. The fourth-order valence-electron chi connectivity index (χ4n) is 3.66. The zero-order valence-electron chi connectivity index (χ0n) is 16.1. The van der Waals surface area contributed by atoms with Gasteiger partial charge in [-0.1, -0.05) is 43.7 Å². The van der Waals surface area contributed by atoms with Gasteiger partial charge in [0.05, 0.1) is 5.56 Å². The van der Waals surface area contributed by atoms with Gasteiger partial charge in [0.25, 0.3) is 0 Å². The minimum atomic E-state index is -1.02. The molecule has 0 amide bonds. The second-order valence-corrected chi connectivity index (χ2v) is 7.18. The normalized spacial score (nSPS) is 11.3. The maximum Gasteiger partial charge on any atom is 0.166 e. The molecule has 0 nitrogen and oxygen atoms in total. The van der Waals surface area contributed by atoms with E-state index in [1.165, 1.54) is 36.4 Å². The lowest BCUT2D eigenvalue weighted by molar-refractivity contribution is 0.517. The summed E-state index contributed by atoms with van der Waals surface area (Å²) in [5.74, 6) is -4.30. The van der Waals surface area contributed by atoms with Gasteiger partial charge >= 0.3 is 0 Å². The van der Waals surface area contributed by atoms with Crippen molar-refractivity contribution in [3.8, 4) is 22.3 Å². The fraction of sp³-hybridized carbons (Fsp3) is 0.120. The Morgan fingerprint density at radius 1 is 0.633 bits per heavy atom. The minimum Gasteiger partial charge on any atom is -0.206 e. The van der Waals surface area contributed by atoms with Gasteiger partial charge in [0.1, 0.15) is 17.5 Å². The first-order valence-corrected chi connectivity index (χ1v) is 9.55. The van der Waals surface area contributed by atoms with Gasteiger partial charge < -0.3 is 0 Å². The molecule has 30 heavy (non-hydrogen) atoms. The summed E-state index contributed by atoms with van der Waals surface area (Å²) < 4.78 is 71.5. The predicted octanol–water partition coefficient (Wildman–Crippen LogP) is 7.82. The average Bonchev–Trinajstić information content (AvgIpc) is 2.70. The second kappa shape index (κ2) is 7.90. The first kappa shape index (κ1) is 20.1. The minimum absolute atomic E-state index is 0.0189. The lowest BCUT2D eigenvalue weighted by atomic mass is 9.96. The Morgan fingerprint density at radius 2 is 1.37 bits per heavy atom. The lowest BCUT2D eigenvalue weighted by Gasteiger charge is -2.11. The summed E-state index contributed by atoms with van der Waals surface area (Å²) in [5.41, 5.74) is 0.872. The Morgan fingerprint density at radius 3 is 2.03 bits per heavy atom. The highest BCUT2D eigenvalue weighted by Crippen LogP contribution is 2.34. The zero-order valence-corrected chi connectivity index (χ0v) is 16.1. The molecule has 0 unspecified atom stereocenters. The monoisotopic (exact) mass is 412 g/mol. The number of rotatable bonds is 4. The van der Waals surface area contributed by atoms with Crippen molar-refractivity contribution in [2.24, 2.45) is 0 Å². The Hall–Kier alpha value is -3.21. The number of fused-ring (bicyclic) bond motifs is 1. The van der Waals surface area contributed by atoms with E-state index in [1.807, 2.05) is 6.92 Å². The van der Waals surface area contributed by atoms with Crippen LogP contribution in [0.4, 0.5) is 22.0 Å². The van der Waals surface area contributed by atoms with Gasteiger partial charge in [-0.3, -0.25) is 0 Å².